The lowest BCUT2D eigenvalue weighted by molar-refractivity contribution is -0.143. The number of amides is 1. The molecule has 116 valence electrons. The summed E-state index contributed by atoms with van der Waals surface area (Å²) < 4.78 is 0. The Morgan fingerprint density at radius 1 is 1.32 bits per heavy atom. The summed E-state index contributed by atoms with van der Waals surface area (Å²) in [6.45, 7) is 5.00. The number of carbonyl (C=O) groups is 2. The highest BCUT2D eigenvalue weighted by Gasteiger charge is 2.29. The average molecular weight is 300 g/mol. The molecular weight excluding hydrogens is 280 g/mol. The van der Waals surface area contributed by atoms with Crippen LogP contribution in [-0.2, 0) is 4.79 Å². The van der Waals surface area contributed by atoms with Crippen LogP contribution in [-0.4, -0.2) is 40.0 Å². The second kappa shape index (κ2) is 5.48. The Morgan fingerprint density at radius 3 is 2.82 bits per heavy atom. The third kappa shape index (κ3) is 2.47. The number of aromatic nitrogens is 1. The van der Waals surface area contributed by atoms with Crippen LogP contribution in [0.15, 0.2) is 18.2 Å². The van der Waals surface area contributed by atoms with E-state index in [1.807, 2.05) is 32.0 Å². The highest BCUT2D eigenvalue weighted by Crippen LogP contribution is 2.24. The Hall–Kier alpha value is -2.30. The van der Waals surface area contributed by atoms with Gasteiger partial charge >= 0.3 is 5.97 Å². The van der Waals surface area contributed by atoms with Gasteiger partial charge in [0, 0.05) is 24.0 Å². The molecule has 1 aliphatic heterocycles. The minimum atomic E-state index is -0.819. The predicted molar refractivity (Wildman–Crippen MR) is 84.0 cm³/mol. The van der Waals surface area contributed by atoms with Gasteiger partial charge < -0.3 is 15.0 Å². The van der Waals surface area contributed by atoms with Gasteiger partial charge in [-0.05, 0) is 49.9 Å². The van der Waals surface area contributed by atoms with Crippen molar-refractivity contribution in [3.63, 3.8) is 0 Å². The van der Waals surface area contributed by atoms with Gasteiger partial charge in [0.1, 0.15) is 5.69 Å². The number of piperidine rings is 1. The predicted octanol–water partition coefficient (Wildman–Crippen LogP) is 2.72. The number of nitrogens with zero attached hydrogens (tertiary/aromatic N) is 1. The number of nitrogens with one attached hydrogen (secondary N) is 1. The number of hydrogen-bond donors (Lipinski definition) is 2. The van der Waals surface area contributed by atoms with Crippen molar-refractivity contribution in [3.8, 4) is 0 Å². The van der Waals surface area contributed by atoms with Crippen LogP contribution < -0.4 is 0 Å². The van der Waals surface area contributed by atoms with E-state index in [4.69, 9.17) is 5.11 Å². The maximum Gasteiger partial charge on any atom is 0.308 e. The van der Waals surface area contributed by atoms with Crippen LogP contribution in [0.3, 0.4) is 0 Å². The molecule has 2 heterocycles. The summed E-state index contributed by atoms with van der Waals surface area (Å²) >= 11 is 0. The first-order valence-corrected chi connectivity index (χ1v) is 7.58. The number of benzene rings is 1. The molecule has 2 N–H and O–H groups in total. The van der Waals surface area contributed by atoms with Crippen molar-refractivity contribution >= 4 is 22.8 Å². The zero-order valence-corrected chi connectivity index (χ0v) is 12.8. The van der Waals surface area contributed by atoms with Crippen molar-refractivity contribution in [1.29, 1.82) is 0 Å². The van der Waals surface area contributed by atoms with Crippen LogP contribution in [0.25, 0.3) is 10.9 Å². The van der Waals surface area contributed by atoms with Gasteiger partial charge in [0.25, 0.3) is 5.91 Å². The maximum absolute atomic E-state index is 12.6. The fourth-order valence-electron chi connectivity index (χ4n) is 3.11. The van der Waals surface area contributed by atoms with Crippen LogP contribution in [0.2, 0.25) is 0 Å². The molecule has 0 bridgehead atoms. The van der Waals surface area contributed by atoms with E-state index in [1.54, 1.807) is 4.90 Å². The number of carbonyl (C=O) groups excluding carboxylic acids is 1. The first kappa shape index (κ1) is 14.6. The van der Waals surface area contributed by atoms with Crippen molar-refractivity contribution in [3.05, 3.63) is 35.0 Å². The van der Waals surface area contributed by atoms with Crippen molar-refractivity contribution < 1.29 is 14.7 Å². The number of rotatable bonds is 2. The lowest BCUT2D eigenvalue weighted by atomic mass is 9.98. The third-order valence-electron chi connectivity index (χ3n) is 4.63. The molecule has 5 nitrogen and oxygen atoms in total. The van der Waals surface area contributed by atoms with Crippen LogP contribution in [0.4, 0.5) is 0 Å². The number of carboxylic acids is 1. The lowest BCUT2D eigenvalue weighted by Gasteiger charge is -2.30. The normalized spacial score (nSPS) is 18.6. The highest BCUT2D eigenvalue weighted by atomic mass is 16.4. The van der Waals surface area contributed by atoms with Crippen LogP contribution in [0.5, 0.6) is 0 Å². The summed E-state index contributed by atoms with van der Waals surface area (Å²) in [7, 11) is 0. The van der Waals surface area contributed by atoms with Gasteiger partial charge in [0.2, 0.25) is 0 Å². The van der Waals surface area contributed by atoms with Crippen LogP contribution in [0, 0.1) is 19.8 Å². The van der Waals surface area contributed by atoms with Gasteiger partial charge in [0.05, 0.1) is 5.92 Å². The van der Waals surface area contributed by atoms with Crippen molar-refractivity contribution in [2.45, 2.75) is 26.7 Å². The Morgan fingerprint density at radius 2 is 2.09 bits per heavy atom. The van der Waals surface area contributed by atoms with E-state index in [0.717, 1.165) is 22.9 Å². The first-order valence-electron chi connectivity index (χ1n) is 7.58. The van der Waals surface area contributed by atoms with E-state index < -0.39 is 11.9 Å². The molecule has 3 rings (SSSR count). The number of aromatic amines is 1. The molecule has 1 unspecified atom stereocenters. The Bertz CT molecular complexity index is 748. The van der Waals surface area contributed by atoms with E-state index in [2.05, 4.69) is 4.98 Å². The Balaban J connectivity index is 1.89. The van der Waals surface area contributed by atoms with Crippen LogP contribution >= 0.6 is 0 Å². The smallest absolute Gasteiger partial charge is 0.308 e. The van der Waals surface area contributed by atoms with Gasteiger partial charge in [0.15, 0.2) is 0 Å². The minimum Gasteiger partial charge on any atom is -0.481 e. The lowest BCUT2D eigenvalue weighted by Crippen LogP contribution is -2.42. The van der Waals surface area contributed by atoms with Crippen molar-refractivity contribution in [2.24, 2.45) is 5.92 Å². The van der Waals surface area contributed by atoms with Gasteiger partial charge in [-0.2, -0.15) is 0 Å². The number of aryl methyl sites for hydroxylation is 2. The average Bonchev–Trinajstić information content (AvgIpc) is 2.95. The zero-order chi connectivity index (χ0) is 15.9. The van der Waals surface area contributed by atoms with Gasteiger partial charge in [-0.25, -0.2) is 0 Å². The fourth-order valence-corrected chi connectivity index (χ4v) is 3.11. The van der Waals surface area contributed by atoms with E-state index in [0.29, 0.717) is 25.2 Å². The Kier molecular flexibility index (Phi) is 3.64. The summed E-state index contributed by atoms with van der Waals surface area (Å²) in [6, 6.07) is 5.89. The zero-order valence-electron chi connectivity index (χ0n) is 12.8. The second-order valence-corrected chi connectivity index (χ2v) is 6.08. The van der Waals surface area contributed by atoms with E-state index >= 15 is 0 Å². The topological polar surface area (TPSA) is 73.4 Å². The monoisotopic (exact) mass is 300 g/mol. The Labute approximate surface area is 128 Å². The van der Waals surface area contributed by atoms with Crippen molar-refractivity contribution in [1.82, 2.24) is 9.88 Å². The molecule has 0 spiro atoms. The molecule has 0 saturated carbocycles. The van der Waals surface area contributed by atoms with E-state index in [9.17, 15) is 9.59 Å². The number of aliphatic carboxylic acids is 1. The number of carboxylic acid groups (broad SMARTS) is 1. The maximum atomic E-state index is 12.6. The second-order valence-electron chi connectivity index (χ2n) is 6.08. The molecule has 1 aliphatic rings. The molecule has 1 fully saturated rings. The summed E-state index contributed by atoms with van der Waals surface area (Å²) in [5, 5.41) is 10.2. The summed E-state index contributed by atoms with van der Waals surface area (Å²) in [5.74, 6) is -1.38. The van der Waals surface area contributed by atoms with E-state index in [-0.39, 0.29) is 5.91 Å². The quantitative estimate of drug-likeness (QED) is 0.895. The molecule has 1 atom stereocenters. The van der Waals surface area contributed by atoms with Gasteiger partial charge in [-0.3, -0.25) is 9.59 Å². The molecule has 1 aromatic carbocycles. The molecule has 0 aliphatic carbocycles. The third-order valence-corrected chi connectivity index (χ3v) is 4.63. The van der Waals surface area contributed by atoms with Gasteiger partial charge in [-0.15, -0.1) is 0 Å². The SMILES string of the molecule is Cc1ccc2[nH]c(C(=O)N3CCCC(C(=O)O)C3)cc2c1C. The highest BCUT2D eigenvalue weighted by molar-refractivity contribution is 5.99. The van der Waals surface area contributed by atoms with E-state index in [1.165, 1.54) is 5.56 Å². The summed E-state index contributed by atoms with van der Waals surface area (Å²) in [6.07, 6.45) is 1.38. The molecule has 1 amide bonds. The fraction of sp³-hybridized carbons (Fsp3) is 0.412. The van der Waals surface area contributed by atoms with Gasteiger partial charge in [-0.1, -0.05) is 6.07 Å². The minimum absolute atomic E-state index is 0.112. The largest absolute Gasteiger partial charge is 0.481 e. The molecular formula is C17H20N2O3. The number of hydrogen-bond acceptors (Lipinski definition) is 2. The van der Waals surface area contributed by atoms with Crippen molar-refractivity contribution in [2.75, 3.05) is 13.1 Å². The number of likely N-dealkylation sites (tertiary alicyclic amines) is 1. The molecule has 1 aromatic heterocycles. The summed E-state index contributed by atoms with van der Waals surface area (Å²) in [5.41, 5.74) is 3.83. The molecule has 2 aromatic rings. The first-order chi connectivity index (χ1) is 10.5. The standard InChI is InChI=1S/C17H20N2O3/c1-10-5-6-14-13(11(10)2)8-15(18-14)16(20)19-7-3-4-12(9-19)17(21)22/h5-6,8,12,18H,3-4,7,9H2,1-2H3,(H,21,22). The molecule has 0 radical (unpaired) electrons. The van der Waals surface area contributed by atoms with Crippen LogP contribution in [0.1, 0.15) is 34.5 Å². The molecule has 22 heavy (non-hydrogen) atoms. The summed E-state index contributed by atoms with van der Waals surface area (Å²) in [4.78, 5) is 28.6. The molecule has 5 heteroatoms. The number of fused-ring (bicyclic) bond motifs is 1. The molecule has 1 saturated heterocycles. The number of H-pyrrole nitrogens is 1.